The van der Waals surface area contributed by atoms with Gasteiger partial charge in [0.05, 0.1) is 6.42 Å². The van der Waals surface area contributed by atoms with E-state index in [2.05, 4.69) is 12.6 Å². The highest BCUT2D eigenvalue weighted by atomic mass is 32.1. The van der Waals surface area contributed by atoms with Crippen molar-refractivity contribution in [2.24, 2.45) is 0 Å². The molecule has 0 rings (SSSR count). The van der Waals surface area contributed by atoms with E-state index in [9.17, 15) is 14.4 Å². The monoisotopic (exact) mass is 146 g/mol. The van der Waals surface area contributed by atoms with E-state index in [0.717, 1.165) is 0 Å². The maximum atomic E-state index is 10.3. The number of thiol groups is 1. The van der Waals surface area contributed by atoms with E-state index in [-0.39, 0.29) is 12.2 Å². The third-order valence-corrected chi connectivity index (χ3v) is 0.897. The largest absolute Gasteiger partial charge is 0.300 e. The van der Waals surface area contributed by atoms with Gasteiger partial charge in [-0.2, -0.15) is 0 Å². The highest BCUT2D eigenvalue weighted by Gasteiger charge is 2.10. The van der Waals surface area contributed by atoms with Gasteiger partial charge in [0.2, 0.25) is 5.78 Å². The molecule has 4 heteroatoms. The second-order valence-corrected chi connectivity index (χ2v) is 2.01. The van der Waals surface area contributed by atoms with Gasteiger partial charge < -0.3 is 0 Å². The molecule has 0 saturated carbocycles. The molecule has 0 fully saturated rings. The molecule has 50 valence electrons. The molecule has 0 aromatic heterocycles. The van der Waals surface area contributed by atoms with Crippen LogP contribution in [0.3, 0.4) is 0 Å². The standard InChI is InChI=1S/C5H6O3S/c1-3(6)2-4(7)5(8)9/h2H2,1H3,(H,8,9). The molecule has 0 bridgehead atoms. The van der Waals surface area contributed by atoms with Gasteiger partial charge in [-0.05, 0) is 6.92 Å². The van der Waals surface area contributed by atoms with Crippen molar-refractivity contribution in [2.75, 3.05) is 0 Å². The van der Waals surface area contributed by atoms with Gasteiger partial charge in [-0.1, -0.05) is 12.6 Å². The molecule has 0 spiro atoms. The van der Waals surface area contributed by atoms with Crippen molar-refractivity contribution < 1.29 is 14.4 Å². The minimum Gasteiger partial charge on any atom is -0.300 e. The lowest BCUT2D eigenvalue weighted by Gasteiger charge is -1.86. The van der Waals surface area contributed by atoms with Gasteiger partial charge in [0.25, 0.3) is 5.12 Å². The van der Waals surface area contributed by atoms with Crippen molar-refractivity contribution in [3.8, 4) is 0 Å². The molecule has 0 saturated heterocycles. The van der Waals surface area contributed by atoms with Crippen LogP contribution >= 0.6 is 12.6 Å². The van der Waals surface area contributed by atoms with Gasteiger partial charge in [-0.15, -0.1) is 0 Å². The molecule has 0 aliphatic carbocycles. The number of carbonyl (C=O) groups is 3. The Bertz CT molecular complexity index is 162. The van der Waals surface area contributed by atoms with Crippen molar-refractivity contribution in [3.63, 3.8) is 0 Å². The van der Waals surface area contributed by atoms with Gasteiger partial charge in [-0.25, -0.2) is 0 Å². The van der Waals surface area contributed by atoms with Gasteiger partial charge >= 0.3 is 0 Å². The molecule has 0 atom stereocenters. The van der Waals surface area contributed by atoms with Crippen LogP contribution in [0.15, 0.2) is 0 Å². The minimum atomic E-state index is -0.856. The Hall–Kier alpha value is -0.640. The SMILES string of the molecule is CC(=O)CC(=O)C(=O)S. The molecule has 9 heavy (non-hydrogen) atoms. The molecule has 0 aliphatic heterocycles. The Labute approximate surface area is 57.8 Å². The number of ketones is 2. The molecular weight excluding hydrogens is 140 g/mol. The lowest BCUT2D eigenvalue weighted by atomic mass is 10.2. The fraction of sp³-hybridized carbons (Fsp3) is 0.400. The van der Waals surface area contributed by atoms with E-state index in [0.29, 0.717) is 0 Å². The van der Waals surface area contributed by atoms with Gasteiger partial charge in [0, 0.05) is 0 Å². The second-order valence-electron chi connectivity index (χ2n) is 1.61. The number of hydrogen-bond donors (Lipinski definition) is 1. The highest BCUT2D eigenvalue weighted by molar-refractivity contribution is 7.98. The van der Waals surface area contributed by atoms with Crippen LogP contribution in [0.2, 0.25) is 0 Å². The third kappa shape index (κ3) is 3.90. The third-order valence-electron chi connectivity index (χ3n) is 0.648. The van der Waals surface area contributed by atoms with E-state index in [1.165, 1.54) is 6.92 Å². The summed E-state index contributed by atoms with van der Waals surface area (Å²) in [4.78, 5) is 30.5. The zero-order valence-corrected chi connectivity index (χ0v) is 5.77. The van der Waals surface area contributed by atoms with E-state index in [1.807, 2.05) is 0 Å². The zero-order valence-electron chi connectivity index (χ0n) is 4.88. The predicted octanol–water partition coefficient (Wildman–Crippen LogP) is -0.00900. The van der Waals surface area contributed by atoms with Crippen molar-refractivity contribution in [1.29, 1.82) is 0 Å². The smallest absolute Gasteiger partial charge is 0.252 e. The van der Waals surface area contributed by atoms with Crippen LogP contribution in [0.25, 0.3) is 0 Å². The van der Waals surface area contributed by atoms with Crippen molar-refractivity contribution in [3.05, 3.63) is 0 Å². The fourth-order valence-electron chi connectivity index (χ4n) is 0.302. The second kappa shape index (κ2) is 3.40. The highest BCUT2D eigenvalue weighted by Crippen LogP contribution is 1.89. The first-order chi connectivity index (χ1) is 4.04. The molecule has 3 nitrogen and oxygen atoms in total. The van der Waals surface area contributed by atoms with Gasteiger partial charge in [0.15, 0.2) is 0 Å². The van der Waals surface area contributed by atoms with Crippen LogP contribution in [0, 0.1) is 0 Å². The lowest BCUT2D eigenvalue weighted by molar-refractivity contribution is -0.134. The van der Waals surface area contributed by atoms with E-state index in [4.69, 9.17) is 0 Å². The minimum absolute atomic E-state index is 0.317. The van der Waals surface area contributed by atoms with Crippen LogP contribution in [0.5, 0.6) is 0 Å². The van der Waals surface area contributed by atoms with Crippen molar-refractivity contribution in [1.82, 2.24) is 0 Å². The Morgan fingerprint density at radius 3 is 1.89 bits per heavy atom. The maximum Gasteiger partial charge on any atom is 0.252 e. The summed E-state index contributed by atoms with van der Waals surface area (Å²) in [5.74, 6) is -1.06. The van der Waals surface area contributed by atoms with Crippen LogP contribution in [-0.2, 0) is 14.4 Å². The van der Waals surface area contributed by atoms with E-state index in [1.54, 1.807) is 0 Å². The molecule has 0 N–H and O–H groups in total. The quantitative estimate of drug-likeness (QED) is 0.346. The first-order valence-electron chi connectivity index (χ1n) is 2.29. The molecule has 0 heterocycles. The van der Waals surface area contributed by atoms with Gasteiger partial charge in [0.1, 0.15) is 5.78 Å². The van der Waals surface area contributed by atoms with Crippen molar-refractivity contribution >= 4 is 29.3 Å². The topological polar surface area (TPSA) is 51.2 Å². The van der Waals surface area contributed by atoms with Crippen LogP contribution in [-0.4, -0.2) is 16.7 Å². The summed E-state index contributed by atoms with van der Waals surface area (Å²) in [6.07, 6.45) is -0.331. The summed E-state index contributed by atoms with van der Waals surface area (Å²) in [5.41, 5.74) is 0. The van der Waals surface area contributed by atoms with Crippen molar-refractivity contribution in [2.45, 2.75) is 13.3 Å². The normalized spacial score (nSPS) is 8.67. The number of rotatable bonds is 3. The summed E-state index contributed by atoms with van der Waals surface area (Å²) in [7, 11) is 0. The summed E-state index contributed by atoms with van der Waals surface area (Å²) in [5, 5.41) is -0.856. The summed E-state index contributed by atoms with van der Waals surface area (Å²) in [6.45, 7) is 1.24. The Kier molecular flexibility index (Phi) is 3.16. The Morgan fingerprint density at radius 2 is 1.78 bits per heavy atom. The van der Waals surface area contributed by atoms with Gasteiger partial charge in [-0.3, -0.25) is 14.4 Å². The molecule has 0 aliphatic rings. The number of Topliss-reactive ketones (excluding diaryl/α,β-unsaturated/α-hetero) is 2. The lowest BCUT2D eigenvalue weighted by Crippen LogP contribution is -2.10. The first kappa shape index (κ1) is 8.36. The summed E-state index contributed by atoms with van der Waals surface area (Å²) in [6, 6.07) is 0. The molecular formula is C5H6O3S. The van der Waals surface area contributed by atoms with E-state index < -0.39 is 10.9 Å². The molecule has 0 aromatic rings. The maximum absolute atomic E-state index is 10.3. The number of hydrogen-bond acceptors (Lipinski definition) is 3. The summed E-state index contributed by atoms with van der Waals surface area (Å²) >= 11 is 3.23. The number of carbonyl (C=O) groups excluding carboxylic acids is 3. The summed E-state index contributed by atoms with van der Waals surface area (Å²) < 4.78 is 0. The van der Waals surface area contributed by atoms with Crippen LogP contribution in [0.1, 0.15) is 13.3 Å². The van der Waals surface area contributed by atoms with Crippen LogP contribution < -0.4 is 0 Å². The first-order valence-corrected chi connectivity index (χ1v) is 2.74. The zero-order chi connectivity index (χ0) is 7.44. The average molecular weight is 146 g/mol. The van der Waals surface area contributed by atoms with Crippen LogP contribution in [0.4, 0.5) is 0 Å². The predicted molar refractivity (Wildman–Crippen MR) is 34.3 cm³/mol. The molecule has 0 radical (unpaired) electrons. The van der Waals surface area contributed by atoms with E-state index >= 15 is 0 Å². The fourth-order valence-corrected chi connectivity index (χ4v) is 0.381. The molecule has 0 aromatic carbocycles. The molecule has 0 unspecified atom stereocenters. The Morgan fingerprint density at radius 1 is 1.33 bits per heavy atom. The molecule has 0 amide bonds. The Balaban J connectivity index is 3.79. The average Bonchev–Trinajstić information content (AvgIpc) is 1.63.